The van der Waals surface area contributed by atoms with Gasteiger partial charge in [0.1, 0.15) is 12.2 Å². The van der Waals surface area contributed by atoms with Crippen LogP contribution in [-0.2, 0) is 19.1 Å². The van der Waals surface area contributed by atoms with Gasteiger partial charge in [0.15, 0.2) is 0 Å². The van der Waals surface area contributed by atoms with Crippen molar-refractivity contribution in [2.45, 2.75) is 18.9 Å². The molecule has 90 valence electrons. The van der Waals surface area contributed by atoms with Crippen molar-refractivity contribution >= 4 is 11.6 Å². The van der Waals surface area contributed by atoms with Crippen molar-refractivity contribution < 1.29 is 5.11 Å². The first-order valence-electron chi connectivity index (χ1n) is 5.30. The fourth-order valence-corrected chi connectivity index (χ4v) is 1.90. The van der Waals surface area contributed by atoms with Gasteiger partial charge in [-0.2, -0.15) is 5.10 Å². The molecule has 2 aromatic rings. The molecule has 0 aliphatic carbocycles. The van der Waals surface area contributed by atoms with Crippen molar-refractivity contribution in [1.29, 1.82) is 0 Å². The van der Waals surface area contributed by atoms with Gasteiger partial charge in [0.05, 0.1) is 5.60 Å². The molecule has 0 amide bonds. The van der Waals surface area contributed by atoms with E-state index < -0.39 is 5.60 Å². The van der Waals surface area contributed by atoms with Gasteiger partial charge < -0.3 is 5.11 Å². The molecule has 1 N–H and O–H groups in total. The van der Waals surface area contributed by atoms with E-state index in [-0.39, 0.29) is 0 Å². The summed E-state index contributed by atoms with van der Waals surface area (Å²) in [5.74, 6) is 0.731. The molecule has 4 nitrogen and oxygen atoms in total. The molecule has 1 unspecified atom stereocenters. The average molecular weight is 252 g/mol. The highest BCUT2D eigenvalue weighted by Crippen LogP contribution is 2.26. The molecule has 0 saturated heterocycles. The lowest BCUT2D eigenvalue weighted by atomic mass is 9.92. The van der Waals surface area contributed by atoms with Crippen LogP contribution >= 0.6 is 11.6 Å². The Hall–Kier alpha value is -1.39. The Morgan fingerprint density at radius 3 is 2.82 bits per heavy atom. The molecule has 1 aromatic heterocycles. The predicted molar refractivity (Wildman–Crippen MR) is 65.7 cm³/mol. The number of benzene rings is 1. The molecule has 1 aromatic carbocycles. The Morgan fingerprint density at radius 2 is 2.24 bits per heavy atom. The molecule has 1 atom stereocenters. The van der Waals surface area contributed by atoms with E-state index in [9.17, 15) is 5.11 Å². The molecule has 0 bridgehead atoms. The largest absolute Gasteiger partial charge is 0.385 e. The first-order valence-corrected chi connectivity index (χ1v) is 5.68. The van der Waals surface area contributed by atoms with Crippen LogP contribution in [0.5, 0.6) is 0 Å². The number of hydrogen-bond acceptors (Lipinski definition) is 3. The summed E-state index contributed by atoms with van der Waals surface area (Å²) in [6.45, 7) is 1.74. The van der Waals surface area contributed by atoms with Crippen LogP contribution in [0.3, 0.4) is 0 Å². The van der Waals surface area contributed by atoms with E-state index in [1.165, 1.54) is 6.33 Å². The Morgan fingerprint density at radius 1 is 1.47 bits per heavy atom. The lowest BCUT2D eigenvalue weighted by Crippen LogP contribution is -2.26. The minimum Gasteiger partial charge on any atom is -0.385 e. The van der Waals surface area contributed by atoms with E-state index in [1.54, 1.807) is 30.8 Å². The second-order valence-corrected chi connectivity index (χ2v) is 4.70. The Bertz CT molecular complexity index is 522. The monoisotopic (exact) mass is 251 g/mol. The van der Waals surface area contributed by atoms with Gasteiger partial charge in [-0.25, -0.2) is 4.98 Å². The van der Waals surface area contributed by atoms with E-state index in [4.69, 9.17) is 11.6 Å². The minimum atomic E-state index is -1.01. The van der Waals surface area contributed by atoms with E-state index in [0.29, 0.717) is 11.4 Å². The SMILES string of the molecule is Cn1ncnc1CC(C)(O)c1cccc(Cl)c1. The summed E-state index contributed by atoms with van der Waals surface area (Å²) in [5.41, 5.74) is -0.237. The number of aryl methyl sites for hydroxylation is 1. The zero-order chi connectivity index (χ0) is 12.5. The summed E-state index contributed by atoms with van der Waals surface area (Å²) in [7, 11) is 1.80. The number of hydrogen-bond donors (Lipinski definition) is 1. The second kappa shape index (κ2) is 4.47. The molecule has 0 radical (unpaired) electrons. The summed E-state index contributed by atoms with van der Waals surface area (Å²) in [6.07, 6.45) is 1.87. The van der Waals surface area contributed by atoms with E-state index in [2.05, 4.69) is 10.1 Å². The van der Waals surface area contributed by atoms with E-state index >= 15 is 0 Å². The van der Waals surface area contributed by atoms with Gasteiger partial charge in [0.2, 0.25) is 0 Å². The molecule has 17 heavy (non-hydrogen) atoms. The van der Waals surface area contributed by atoms with Crippen LogP contribution < -0.4 is 0 Å². The molecule has 0 spiro atoms. The van der Waals surface area contributed by atoms with Crippen LogP contribution in [0.2, 0.25) is 5.02 Å². The minimum absolute atomic E-state index is 0.393. The number of rotatable bonds is 3. The summed E-state index contributed by atoms with van der Waals surface area (Å²) >= 11 is 5.92. The highest BCUT2D eigenvalue weighted by Gasteiger charge is 2.25. The number of halogens is 1. The van der Waals surface area contributed by atoms with Gasteiger partial charge in [-0.05, 0) is 24.6 Å². The zero-order valence-electron chi connectivity index (χ0n) is 9.76. The maximum atomic E-state index is 10.5. The second-order valence-electron chi connectivity index (χ2n) is 4.26. The fourth-order valence-electron chi connectivity index (χ4n) is 1.71. The van der Waals surface area contributed by atoms with Crippen molar-refractivity contribution in [2.24, 2.45) is 7.05 Å². The summed E-state index contributed by atoms with van der Waals surface area (Å²) < 4.78 is 1.65. The van der Waals surface area contributed by atoms with Gasteiger partial charge in [-0.3, -0.25) is 4.68 Å². The van der Waals surface area contributed by atoms with Gasteiger partial charge in [-0.1, -0.05) is 23.7 Å². The molecule has 2 rings (SSSR count). The summed E-state index contributed by atoms with van der Waals surface area (Å²) in [6, 6.07) is 7.21. The maximum Gasteiger partial charge on any atom is 0.138 e. The third-order valence-corrected chi connectivity index (χ3v) is 2.99. The highest BCUT2D eigenvalue weighted by atomic mass is 35.5. The van der Waals surface area contributed by atoms with Crippen LogP contribution in [0.4, 0.5) is 0 Å². The van der Waals surface area contributed by atoms with Crippen LogP contribution in [0.25, 0.3) is 0 Å². The van der Waals surface area contributed by atoms with Gasteiger partial charge >= 0.3 is 0 Å². The Labute approximate surface area is 105 Å². The lowest BCUT2D eigenvalue weighted by Gasteiger charge is -2.23. The summed E-state index contributed by atoms with van der Waals surface area (Å²) in [5, 5.41) is 15.1. The number of aromatic nitrogens is 3. The fraction of sp³-hybridized carbons (Fsp3) is 0.333. The van der Waals surface area contributed by atoms with Crippen molar-refractivity contribution in [1.82, 2.24) is 14.8 Å². The maximum absolute atomic E-state index is 10.5. The first-order chi connectivity index (χ1) is 7.99. The van der Waals surface area contributed by atoms with E-state index in [0.717, 1.165) is 11.4 Å². The molecule has 0 saturated carbocycles. The van der Waals surface area contributed by atoms with Crippen molar-refractivity contribution in [3.8, 4) is 0 Å². The first kappa shape index (κ1) is 12.1. The zero-order valence-corrected chi connectivity index (χ0v) is 10.5. The predicted octanol–water partition coefficient (Wildman–Crippen LogP) is 1.92. The molecule has 0 aliphatic rings. The standard InChI is InChI=1S/C12H14ClN3O/c1-12(17,7-11-14-8-15-16(11)2)9-4-3-5-10(13)6-9/h3-6,8,17H,7H2,1-2H3. The lowest BCUT2D eigenvalue weighted by molar-refractivity contribution is 0.0545. The molecular formula is C12H14ClN3O. The van der Waals surface area contributed by atoms with E-state index in [1.807, 2.05) is 12.1 Å². The third kappa shape index (κ3) is 2.65. The topological polar surface area (TPSA) is 50.9 Å². The van der Waals surface area contributed by atoms with Gasteiger partial charge in [0.25, 0.3) is 0 Å². The molecule has 5 heteroatoms. The Kier molecular flexibility index (Phi) is 3.17. The Balaban J connectivity index is 2.27. The van der Waals surface area contributed by atoms with Crippen LogP contribution in [0.1, 0.15) is 18.3 Å². The normalized spacial score (nSPS) is 14.6. The molecule has 0 fully saturated rings. The van der Waals surface area contributed by atoms with Crippen molar-refractivity contribution in [3.63, 3.8) is 0 Å². The third-order valence-electron chi connectivity index (χ3n) is 2.75. The van der Waals surface area contributed by atoms with Crippen LogP contribution in [0, 0.1) is 0 Å². The van der Waals surface area contributed by atoms with Crippen LogP contribution in [-0.4, -0.2) is 19.9 Å². The van der Waals surface area contributed by atoms with Gasteiger partial charge in [-0.15, -0.1) is 0 Å². The quantitative estimate of drug-likeness (QED) is 0.907. The molecule has 0 aliphatic heterocycles. The van der Waals surface area contributed by atoms with Gasteiger partial charge in [0, 0.05) is 18.5 Å². The molecule has 1 heterocycles. The smallest absolute Gasteiger partial charge is 0.138 e. The summed E-state index contributed by atoms with van der Waals surface area (Å²) in [4.78, 5) is 4.11. The number of nitrogens with zero attached hydrogens (tertiary/aromatic N) is 3. The number of aliphatic hydroxyl groups is 1. The highest BCUT2D eigenvalue weighted by molar-refractivity contribution is 6.30. The molecular weight excluding hydrogens is 238 g/mol. The van der Waals surface area contributed by atoms with Crippen LogP contribution in [0.15, 0.2) is 30.6 Å². The average Bonchev–Trinajstić information content (AvgIpc) is 2.64. The van der Waals surface area contributed by atoms with Crippen molar-refractivity contribution in [2.75, 3.05) is 0 Å². The van der Waals surface area contributed by atoms with Crippen molar-refractivity contribution in [3.05, 3.63) is 47.0 Å².